The molecule has 0 bridgehead atoms. The van der Waals surface area contributed by atoms with E-state index in [-0.39, 0.29) is 0 Å². The van der Waals surface area contributed by atoms with Crippen LogP contribution in [0.5, 0.6) is 0 Å². The maximum absolute atomic E-state index is 4.69. The van der Waals surface area contributed by atoms with Crippen molar-refractivity contribution in [1.29, 1.82) is 0 Å². The molecule has 1 N–H and O–H groups in total. The van der Waals surface area contributed by atoms with Crippen LogP contribution in [0.25, 0.3) is 0 Å². The standard InChI is InChI=1S/C14H25N5/c1-4-12-13(5-2)17-18-14(16-12)19-8-6-11(7-9-19)10-15-3/h11,15H,4-10H2,1-3H3. The molecule has 0 unspecified atom stereocenters. The molecule has 0 spiro atoms. The van der Waals surface area contributed by atoms with Crippen LogP contribution in [0.1, 0.15) is 38.1 Å². The van der Waals surface area contributed by atoms with Crippen LogP contribution in [0.15, 0.2) is 0 Å². The van der Waals surface area contributed by atoms with E-state index in [0.29, 0.717) is 0 Å². The van der Waals surface area contributed by atoms with Gasteiger partial charge in [0.25, 0.3) is 0 Å². The normalized spacial score (nSPS) is 16.9. The Morgan fingerprint density at radius 2 is 1.79 bits per heavy atom. The minimum atomic E-state index is 0.787. The van der Waals surface area contributed by atoms with E-state index < -0.39 is 0 Å². The molecule has 2 rings (SSSR count). The van der Waals surface area contributed by atoms with Crippen molar-refractivity contribution in [2.75, 3.05) is 31.6 Å². The van der Waals surface area contributed by atoms with Crippen molar-refractivity contribution < 1.29 is 0 Å². The highest BCUT2D eigenvalue weighted by Gasteiger charge is 2.21. The molecular formula is C14H25N5. The van der Waals surface area contributed by atoms with Gasteiger partial charge in [0.05, 0.1) is 11.4 Å². The van der Waals surface area contributed by atoms with Gasteiger partial charge in [-0.2, -0.15) is 5.10 Å². The van der Waals surface area contributed by atoms with Crippen molar-refractivity contribution >= 4 is 5.95 Å². The van der Waals surface area contributed by atoms with E-state index in [4.69, 9.17) is 4.98 Å². The zero-order valence-electron chi connectivity index (χ0n) is 12.3. The summed E-state index contributed by atoms with van der Waals surface area (Å²) in [5, 5.41) is 11.9. The molecule has 1 aromatic rings. The quantitative estimate of drug-likeness (QED) is 0.871. The van der Waals surface area contributed by atoms with Gasteiger partial charge < -0.3 is 10.2 Å². The summed E-state index contributed by atoms with van der Waals surface area (Å²) >= 11 is 0. The molecule has 1 aliphatic rings. The Bertz CT molecular complexity index is 399. The number of rotatable bonds is 5. The highest BCUT2D eigenvalue weighted by molar-refractivity contribution is 5.31. The molecule has 1 saturated heterocycles. The molecule has 0 saturated carbocycles. The zero-order chi connectivity index (χ0) is 13.7. The summed E-state index contributed by atoms with van der Waals surface area (Å²) in [6.45, 7) is 7.44. The second-order valence-corrected chi connectivity index (χ2v) is 5.20. The van der Waals surface area contributed by atoms with Crippen LogP contribution in [-0.2, 0) is 12.8 Å². The Kier molecular flexibility index (Phi) is 5.07. The predicted octanol–water partition coefficient (Wildman–Crippen LogP) is 1.43. The number of hydrogen-bond acceptors (Lipinski definition) is 5. The average molecular weight is 263 g/mol. The van der Waals surface area contributed by atoms with Crippen LogP contribution in [0.2, 0.25) is 0 Å². The summed E-state index contributed by atoms with van der Waals surface area (Å²) in [4.78, 5) is 6.97. The highest BCUT2D eigenvalue weighted by atomic mass is 15.3. The van der Waals surface area contributed by atoms with Gasteiger partial charge in [0, 0.05) is 13.1 Å². The fraction of sp³-hybridized carbons (Fsp3) is 0.786. The van der Waals surface area contributed by atoms with Gasteiger partial charge >= 0.3 is 0 Å². The molecule has 19 heavy (non-hydrogen) atoms. The first-order valence-electron chi connectivity index (χ1n) is 7.40. The van der Waals surface area contributed by atoms with Crippen LogP contribution in [-0.4, -0.2) is 41.9 Å². The molecule has 1 aromatic heterocycles. The second-order valence-electron chi connectivity index (χ2n) is 5.20. The maximum Gasteiger partial charge on any atom is 0.245 e. The largest absolute Gasteiger partial charge is 0.340 e. The first-order chi connectivity index (χ1) is 9.28. The molecule has 0 atom stereocenters. The minimum absolute atomic E-state index is 0.787. The third kappa shape index (κ3) is 3.41. The lowest BCUT2D eigenvalue weighted by atomic mass is 9.97. The summed E-state index contributed by atoms with van der Waals surface area (Å²) in [5.74, 6) is 1.60. The molecule has 0 aromatic carbocycles. The molecule has 1 fully saturated rings. The monoisotopic (exact) mass is 263 g/mol. The molecule has 2 heterocycles. The van der Waals surface area contributed by atoms with Gasteiger partial charge in [-0.15, -0.1) is 5.10 Å². The molecule has 5 nitrogen and oxygen atoms in total. The van der Waals surface area contributed by atoms with Gasteiger partial charge in [0.2, 0.25) is 5.95 Å². The summed E-state index contributed by atoms with van der Waals surface area (Å²) in [6, 6.07) is 0. The molecular weight excluding hydrogens is 238 g/mol. The first-order valence-corrected chi connectivity index (χ1v) is 7.40. The van der Waals surface area contributed by atoms with E-state index in [2.05, 4.69) is 34.3 Å². The van der Waals surface area contributed by atoms with Crippen molar-refractivity contribution in [1.82, 2.24) is 20.5 Å². The summed E-state index contributed by atoms with van der Waals surface area (Å²) in [6.07, 6.45) is 4.26. The number of piperidine rings is 1. The summed E-state index contributed by atoms with van der Waals surface area (Å²) in [7, 11) is 2.02. The van der Waals surface area contributed by atoms with E-state index in [0.717, 1.165) is 55.7 Å². The van der Waals surface area contributed by atoms with E-state index in [1.54, 1.807) is 0 Å². The number of nitrogens with one attached hydrogen (secondary N) is 1. The van der Waals surface area contributed by atoms with Crippen LogP contribution in [0.3, 0.4) is 0 Å². The molecule has 5 heteroatoms. The fourth-order valence-corrected chi connectivity index (χ4v) is 2.69. The number of aromatic nitrogens is 3. The number of nitrogens with zero attached hydrogens (tertiary/aromatic N) is 4. The summed E-state index contributed by atoms with van der Waals surface area (Å²) < 4.78 is 0. The van der Waals surface area contributed by atoms with Crippen LogP contribution < -0.4 is 10.2 Å². The lowest BCUT2D eigenvalue weighted by Crippen LogP contribution is -2.38. The van der Waals surface area contributed by atoms with Crippen molar-refractivity contribution in [2.45, 2.75) is 39.5 Å². The Morgan fingerprint density at radius 1 is 1.11 bits per heavy atom. The minimum Gasteiger partial charge on any atom is -0.340 e. The van der Waals surface area contributed by atoms with Gasteiger partial charge in [-0.05, 0) is 45.2 Å². The Hall–Kier alpha value is -1.23. The third-order valence-corrected chi connectivity index (χ3v) is 3.89. The van der Waals surface area contributed by atoms with Gasteiger partial charge in [-0.1, -0.05) is 13.8 Å². The van der Waals surface area contributed by atoms with Crippen molar-refractivity contribution in [3.8, 4) is 0 Å². The average Bonchev–Trinajstić information content (AvgIpc) is 2.47. The van der Waals surface area contributed by atoms with Gasteiger partial charge in [0.15, 0.2) is 0 Å². The van der Waals surface area contributed by atoms with E-state index in [1.807, 2.05) is 7.05 Å². The van der Waals surface area contributed by atoms with Crippen molar-refractivity contribution in [3.63, 3.8) is 0 Å². The van der Waals surface area contributed by atoms with Gasteiger partial charge in [-0.3, -0.25) is 0 Å². The first kappa shape index (κ1) is 14.2. The number of aryl methyl sites for hydroxylation is 2. The van der Waals surface area contributed by atoms with Gasteiger partial charge in [-0.25, -0.2) is 4.98 Å². The Morgan fingerprint density at radius 3 is 2.37 bits per heavy atom. The second kappa shape index (κ2) is 6.80. The van der Waals surface area contributed by atoms with Crippen molar-refractivity contribution in [2.24, 2.45) is 5.92 Å². The smallest absolute Gasteiger partial charge is 0.245 e. The van der Waals surface area contributed by atoms with Gasteiger partial charge in [0.1, 0.15) is 0 Å². The lowest BCUT2D eigenvalue weighted by molar-refractivity contribution is 0.390. The summed E-state index contributed by atoms with van der Waals surface area (Å²) in [5.41, 5.74) is 2.14. The molecule has 1 aliphatic heterocycles. The number of hydrogen-bond donors (Lipinski definition) is 1. The topological polar surface area (TPSA) is 53.9 Å². The molecule has 106 valence electrons. The highest BCUT2D eigenvalue weighted by Crippen LogP contribution is 2.20. The van der Waals surface area contributed by atoms with E-state index in [9.17, 15) is 0 Å². The molecule has 0 aliphatic carbocycles. The van der Waals surface area contributed by atoms with E-state index >= 15 is 0 Å². The van der Waals surface area contributed by atoms with E-state index in [1.165, 1.54) is 12.8 Å². The van der Waals surface area contributed by atoms with Crippen molar-refractivity contribution in [3.05, 3.63) is 11.4 Å². The molecule has 0 amide bonds. The Labute approximate surface area is 115 Å². The SMILES string of the molecule is CCc1nnc(N2CCC(CNC)CC2)nc1CC. The third-order valence-electron chi connectivity index (χ3n) is 3.89. The fourth-order valence-electron chi connectivity index (χ4n) is 2.69. The maximum atomic E-state index is 4.69. The zero-order valence-corrected chi connectivity index (χ0v) is 12.3. The van der Waals surface area contributed by atoms with Crippen LogP contribution in [0, 0.1) is 5.92 Å². The van der Waals surface area contributed by atoms with Crippen LogP contribution >= 0.6 is 0 Å². The Balaban J connectivity index is 2.03. The lowest BCUT2D eigenvalue weighted by Gasteiger charge is -2.31. The predicted molar refractivity (Wildman–Crippen MR) is 77.4 cm³/mol. The van der Waals surface area contributed by atoms with Crippen LogP contribution in [0.4, 0.5) is 5.95 Å². The molecule has 0 radical (unpaired) electrons. The number of anilines is 1.